The molecule has 8 atom stereocenters. The highest BCUT2D eigenvalue weighted by atomic mass is 16.7. The van der Waals surface area contributed by atoms with Crippen LogP contribution in [0.5, 0.6) is 34.5 Å². The van der Waals surface area contributed by atoms with Crippen LogP contribution in [0.4, 0.5) is 0 Å². The molecule has 1 unspecified atom stereocenters. The lowest BCUT2D eigenvalue weighted by Gasteiger charge is -2.42. The Labute approximate surface area is 249 Å². The largest absolute Gasteiger partial charge is 0.508 e. The molecule has 0 aromatic heterocycles. The van der Waals surface area contributed by atoms with Crippen molar-refractivity contribution < 1.29 is 69.8 Å². The highest BCUT2D eigenvalue weighted by Crippen LogP contribution is 2.51. The summed E-state index contributed by atoms with van der Waals surface area (Å²) >= 11 is 0. The zero-order valence-corrected chi connectivity index (χ0v) is 23.0. The number of phenols is 5. The number of fused-ring (bicyclic) bond motifs is 1. The van der Waals surface area contributed by atoms with Crippen molar-refractivity contribution in [1.82, 2.24) is 0 Å². The SMILES string of the molecule is C[C@@H]1O[C@@H](O[C@@H]2C(=O)c3c(O)cc(O)c(C(CC(=O)O)c4ccc(O)c(O)c4)c3O[C@@H]2c2ccc(O)cc2)[C@H](O)[C@H](O)[C@H]1O. The summed E-state index contributed by atoms with van der Waals surface area (Å²) < 4.78 is 17.6. The molecule has 0 spiro atoms. The molecule has 1 saturated heterocycles. The number of Topliss-reactive ketones (excluding diaryl/α,β-unsaturated/α-hetero) is 1. The summed E-state index contributed by atoms with van der Waals surface area (Å²) in [4.78, 5) is 26.1. The quantitative estimate of drug-likeness (QED) is 0.171. The molecule has 0 radical (unpaired) electrons. The molecule has 44 heavy (non-hydrogen) atoms. The average Bonchev–Trinajstić information content (AvgIpc) is 2.96. The lowest BCUT2D eigenvalue weighted by atomic mass is 9.83. The van der Waals surface area contributed by atoms with Gasteiger partial charge in [-0.1, -0.05) is 18.2 Å². The minimum absolute atomic E-state index is 0.113. The van der Waals surface area contributed by atoms with Crippen LogP contribution >= 0.6 is 0 Å². The van der Waals surface area contributed by atoms with E-state index in [9.17, 15) is 55.5 Å². The normalized spacial score (nSPS) is 27.3. The van der Waals surface area contributed by atoms with Crippen molar-refractivity contribution in [2.75, 3.05) is 0 Å². The van der Waals surface area contributed by atoms with E-state index in [1.807, 2.05) is 0 Å². The number of carbonyl (C=O) groups is 2. The Hall–Kier alpha value is -4.60. The first-order valence-corrected chi connectivity index (χ1v) is 13.5. The van der Waals surface area contributed by atoms with E-state index < -0.39 is 101 Å². The van der Waals surface area contributed by atoms with Gasteiger partial charge >= 0.3 is 5.97 Å². The number of benzene rings is 3. The minimum atomic E-state index is -1.80. The molecule has 0 amide bonds. The van der Waals surface area contributed by atoms with Gasteiger partial charge in [-0.25, -0.2) is 0 Å². The van der Waals surface area contributed by atoms with Crippen molar-refractivity contribution in [2.45, 2.75) is 62.2 Å². The Morgan fingerprint density at radius 2 is 1.55 bits per heavy atom. The van der Waals surface area contributed by atoms with Crippen LogP contribution in [0.25, 0.3) is 0 Å². The van der Waals surface area contributed by atoms with Gasteiger partial charge in [-0.15, -0.1) is 0 Å². The van der Waals surface area contributed by atoms with Crippen molar-refractivity contribution in [3.63, 3.8) is 0 Å². The lowest BCUT2D eigenvalue weighted by Crippen LogP contribution is -2.59. The smallest absolute Gasteiger partial charge is 0.304 e. The average molecular weight is 615 g/mol. The number of aliphatic carboxylic acids is 1. The Morgan fingerprint density at radius 3 is 2.18 bits per heavy atom. The van der Waals surface area contributed by atoms with E-state index in [0.717, 1.165) is 18.2 Å². The van der Waals surface area contributed by atoms with Crippen molar-refractivity contribution in [1.29, 1.82) is 0 Å². The first-order chi connectivity index (χ1) is 20.8. The minimum Gasteiger partial charge on any atom is -0.508 e. The fourth-order valence-corrected chi connectivity index (χ4v) is 5.44. The van der Waals surface area contributed by atoms with Crippen LogP contribution in [0, 0.1) is 0 Å². The van der Waals surface area contributed by atoms with Gasteiger partial charge in [-0.05, 0) is 42.3 Å². The predicted molar refractivity (Wildman–Crippen MR) is 147 cm³/mol. The topological polar surface area (TPSA) is 244 Å². The molecule has 2 heterocycles. The van der Waals surface area contributed by atoms with E-state index in [2.05, 4.69) is 0 Å². The summed E-state index contributed by atoms with van der Waals surface area (Å²) in [5.41, 5.74) is -0.393. The zero-order valence-electron chi connectivity index (χ0n) is 23.0. The Balaban J connectivity index is 1.67. The number of ketones is 1. The van der Waals surface area contributed by atoms with Gasteiger partial charge in [0, 0.05) is 17.5 Å². The van der Waals surface area contributed by atoms with Gasteiger partial charge in [-0.3, -0.25) is 9.59 Å². The summed E-state index contributed by atoms with van der Waals surface area (Å²) in [6.07, 6.45) is -11.4. The molecular weight excluding hydrogens is 584 g/mol. The molecule has 14 nitrogen and oxygen atoms in total. The molecule has 2 aliphatic rings. The molecule has 5 rings (SSSR count). The van der Waals surface area contributed by atoms with E-state index >= 15 is 0 Å². The van der Waals surface area contributed by atoms with Crippen LogP contribution in [-0.4, -0.2) is 94.5 Å². The van der Waals surface area contributed by atoms with Crippen LogP contribution in [0.15, 0.2) is 48.5 Å². The van der Waals surface area contributed by atoms with Crippen molar-refractivity contribution in [2.24, 2.45) is 0 Å². The molecule has 9 N–H and O–H groups in total. The number of hydrogen-bond acceptors (Lipinski definition) is 13. The van der Waals surface area contributed by atoms with Gasteiger partial charge in [0.2, 0.25) is 5.78 Å². The van der Waals surface area contributed by atoms with Gasteiger partial charge in [0.25, 0.3) is 0 Å². The summed E-state index contributed by atoms with van der Waals surface area (Å²) in [7, 11) is 0. The standard InChI is InChI=1S/C30H30O14/c1-11-23(38)25(40)26(41)30(42-11)44-29-24(39)22-19(35)10-18(34)21(28(22)43-27(29)12-2-5-14(31)6-3-12)15(9-20(36)37)13-4-7-16(32)17(33)8-13/h2-8,10-11,15,23,25-27,29-35,38,40-41H,9H2,1H3,(H,36,37)/t11-,15?,23-,25+,26+,27+,29+,30-/m0/s1. The summed E-state index contributed by atoms with van der Waals surface area (Å²) in [6, 6.07) is 9.67. The van der Waals surface area contributed by atoms with E-state index in [4.69, 9.17) is 14.2 Å². The Kier molecular flexibility index (Phi) is 8.29. The van der Waals surface area contributed by atoms with Crippen LogP contribution in [0.3, 0.4) is 0 Å². The summed E-state index contributed by atoms with van der Waals surface area (Å²) in [5, 5.41) is 92.3. The number of hydrogen-bond donors (Lipinski definition) is 9. The molecule has 3 aromatic rings. The van der Waals surface area contributed by atoms with E-state index in [1.165, 1.54) is 37.3 Å². The van der Waals surface area contributed by atoms with E-state index in [-0.39, 0.29) is 22.4 Å². The molecule has 0 saturated carbocycles. The summed E-state index contributed by atoms with van der Waals surface area (Å²) in [5.74, 6) is -6.54. The second kappa shape index (κ2) is 11.8. The maximum absolute atomic E-state index is 14.1. The second-order valence-electron chi connectivity index (χ2n) is 10.7. The van der Waals surface area contributed by atoms with Crippen LogP contribution in [0.2, 0.25) is 0 Å². The number of carbonyl (C=O) groups excluding carboxylic acids is 1. The third-order valence-corrected chi connectivity index (χ3v) is 7.74. The van der Waals surface area contributed by atoms with E-state index in [1.54, 1.807) is 0 Å². The number of phenolic OH excluding ortho intramolecular Hbond substituents is 5. The van der Waals surface area contributed by atoms with Crippen LogP contribution < -0.4 is 4.74 Å². The predicted octanol–water partition coefficient (Wildman–Crippen LogP) is 1.35. The third kappa shape index (κ3) is 5.56. The van der Waals surface area contributed by atoms with Gasteiger partial charge in [0.05, 0.1) is 12.5 Å². The first kappa shape index (κ1) is 30.8. The molecule has 234 valence electrons. The van der Waals surface area contributed by atoms with Crippen LogP contribution in [0.1, 0.15) is 52.4 Å². The highest BCUT2D eigenvalue weighted by molar-refractivity contribution is 6.06. The highest BCUT2D eigenvalue weighted by Gasteiger charge is 2.49. The molecule has 2 aliphatic heterocycles. The monoisotopic (exact) mass is 614 g/mol. The molecule has 3 aromatic carbocycles. The number of aromatic hydroxyl groups is 5. The van der Waals surface area contributed by atoms with Crippen molar-refractivity contribution >= 4 is 11.8 Å². The summed E-state index contributed by atoms with van der Waals surface area (Å²) in [6.45, 7) is 1.41. The molecule has 0 aliphatic carbocycles. The van der Waals surface area contributed by atoms with Crippen LogP contribution in [-0.2, 0) is 14.3 Å². The fourth-order valence-electron chi connectivity index (χ4n) is 5.44. The van der Waals surface area contributed by atoms with Gasteiger partial charge < -0.3 is 60.2 Å². The molecule has 0 bridgehead atoms. The maximum Gasteiger partial charge on any atom is 0.304 e. The number of aliphatic hydroxyl groups excluding tert-OH is 3. The molecular formula is C30H30O14. The maximum atomic E-state index is 14.1. The van der Waals surface area contributed by atoms with Gasteiger partial charge in [0.15, 0.2) is 30.0 Å². The fraction of sp³-hybridized carbons (Fsp3) is 0.333. The van der Waals surface area contributed by atoms with Gasteiger partial charge in [0.1, 0.15) is 46.9 Å². The molecule has 14 heteroatoms. The van der Waals surface area contributed by atoms with E-state index in [0.29, 0.717) is 0 Å². The van der Waals surface area contributed by atoms with Crippen molar-refractivity contribution in [3.8, 4) is 34.5 Å². The van der Waals surface area contributed by atoms with Gasteiger partial charge in [-0.2, -0.15) is 0 Å². The number of aliphatic hydroxyl groups is 3. The third-order valence-electron chi connectivity index (χ3n) is 7.74. The Morgan fingerprint density at radius 1 is 0.864 bits per heavy atom. The number of carboxylic acids is 1. The Bertz CT molecular complexity index is 1570. The van der Waals surface area contributed by atoms with Crippen molar-refractivity contribution in [3.05, 3.63) is 70.8 Å². The first-order valence-electron chi connectivity index (χ1n) is 13.5. The lowest BCUT2D eigenvalue weighted by molar-refractivity contribution is -0.304. The number of ether oxygens (including phenoxy) is 3. The zero-order chi connectivity index (χ0) is 32.0. The molecule has 1 fully saturated rings. The number of rotatable bonds is 7. The number of carboxylic acid groups (broad SMARTS) is 1. The second-order valence-corrected chi connectivity index (χ2v) is 10.7.